The fraction of sp³-hybridized carbons (Fsp3) is 0.529. The molecule has 0 aromatic heterocycles. The van der Waals surface area contributed by atoms with E-state index in [1.807, 2.05) is 24.3 Å². The minimum Gasteiger partial charge on any atom is -0.354 e. The van der Waals surface area contributed by atoms with E-state index in [0.717, 1.165) is 37.2 Å². The van der Waals surface area contributed by atoms with E-state index in [-0.39, 0.29) is 30.8 Å². The number of amides is 2. The van der Waals surface area contributed by atoms with Crippen molar-refractivity contribution < 1.29 is 9.59 Å². The van der Waals surface area contributed by atoms with Crippen LogP contribution in [0.5, 0.6) is 0 Å². The number of hydrogen-bond acceptors (Lipinski definition) is 3. The maximum Gasteiger partial charge on any atom is 0.240 e. The molecule has 23 heavy (non-hydrogen) atoms. The summed E-state index contributed by atoms with van der Waals surface area (Å²) >= 11 is 0. The smallest absolute Gasteiger partial charge is 0.240 e. The average molecular weight is 338 g/mol. The molecular weight excluding hydrogens is 314 g/mol. The molecule has 0 spiro atoms. The van der Waals surface area contributed by atoms with Crippen LogP contribution in [-0.4, -0.2) is 38.0 Å². The highest BCUT2D eigenvalue weighted by atomic mass is 35.5. The molecule has 1 unspecified atom stereocenters. The zero-order valence-corrected chi connectivity index (χ0v) is 14.0. The number of para-hydroxylation sites is 1. The maximum absolute atomic E-state index is 12.2. The van der Waals surface area contributed by atoms with E-state index < -0.39 is 0 Å². The van der Waals surface area contributed by atoms with Crippen LogP contribution in [0.25, 0.3) is 0 Å². The Kier molecular flexibility index (Phi) is 6.42. The third-order valence-corrected chi connectivity index (χ3v) is 4.48. The molecule has 3 rings (SSSR count). The minimum atomic E-state index is -0.0735. The van der Waals surface area contributed by atoms with Crippen LogP contribution in [0.2, 0.25) is 0 Å². The molecular formula is C17H24ClN3O2. The molecule has 126 valence electrons. The molecule has 0 radical (unpaired) electrons. The number of benzene rings is 1. The van der Waals surface area contributed by atoms with Crippen molar-refractivity contribution >= 4 is 29.9 Å². The Morgan fingerprint density at radius 2 is 2.13 bits per heavy atom. The highest BCUT2D eigenvalue weighted by Gasteiger charge is 2.25. The highest BCUT2D eigenvalue weighted by Crippen LogP contribution is 2.27. The van der Waals surface area contributed by atoms with Crippen LogP contribution < -0.4 is 15.5 Å². The van der Waals surface area contributed by atoms with Crippen molar-refractivity contribution in [2.75, 3.05) is 31.1 Å². The fourth-order valence-electron chi connectivity index (χ4n) is 3.23. The number of halogens is 1. The number of nitrogens with one attached hydrogen (secondary N) is 2. The Bertz CT molecular complexity index is 559. The van der Waals surface area contributed by atoms with Crippen molar-refractivity contribution in [2.24, 2.45) is 5.92 Å². The van der Waals surface area contributed by atoms with Crippen LogP contribution in [0.1, 0.15) is 24.8 Å². The van der Waals surface area contributed by atoms with Crippen LogP contribution in [0.15, 0.2) is 24.3 Å². The first-order valence-electron chi connectivity index (χ1n) is 8.10. The quantitative estimate of drug-likeness (QED) is 0.875. The number of hydrogen-bond donors (Lipinski definition) is 2. The van der Waals surface area contributed by atoms with Gasteiger partial charge < -0.3 is 15.5 Å². The number of carbonyl (C=O) groups is 2. The summed E-state index contributed by atoms with van der Waals surface area (Å²) in [5, 5.41) is 6.32. The number of rotatable bonds is 4. The number of carbonyl (C=O) groups excluding carboxylic acids is 2. The van der Waals surface area contributed by atoms with Crippen molar-refractivity contribution in [3.8, 4) is 0 Å². The molecule has 2 aliphatic rings. The lowest BCUT2D eigenvalue weighted by atomic mass is 9.99. The van der Waals surface area contributed by atoms with Crippen LogP contribution in [-0.2, 0) is 16.0 Å². The summed E-state index contributed by atoms with van der Waals surface area (Å²) in [4.78, 5) is 25.9. The zero-order valence-electron chi connectivity index (χ0n) is 13.2. The van der Waals surface area contributed by atoms with Gasteiger partial charge in [-0.15, -0.1) is 12.4 Å². The summed E-state index contributed by atoms with van der Waals surface area (Å²) in [5.74, 6) is 0.464. The van der Waals surface area contributed by atoms with Gasteiger partial charge in [0.15, 0.2) is 0 Å². The monoisotopic (exact) mass is 337 g/mol. The predicted molar refractivity (Wildman–Crippen MR) is 93.0 cm³/mol. The van der Waals surface area contributed by atoms with E-state index in [0.29, 0.717) is 18.9 Å². The van der Waals surface area contributed by atoms with E-state index in [1.165, 1.54) is 6.42 Å². The zero-order chi connectivity index (χ0) is 15.4. The summed E-state index contributed by atoms with van der Waals surface area (Å²) in [6.45, 7) is 2.85. The molecule has 2 aliphatic heterocycles. The van der Waals surface area contributed by atoms with Crippen LogP contribution in [0.3, 0.4) is 0 Å². The lowest BCUT2D eigenvalue weighted by Crippen LogP contribution is -2.45. The number of aryl methyl sites for hydroxylation is 1. The topological polar surface area (TPSA) is 61.4 Å². The summed E-state index contributed by atoms with van der Waals surface area (Å²) < 4.78 is 0. The lowest BCUT2D eigenvalue weighted by Gasteiger charge is -2.29. The average Bonchev–Trinajstić information content (AvgIpc) is 2.56. The van der Waals surface area contributed by atoms with Crippen molar-refractivity contribution in [1.82, 2.24) is 10.6 Å². The molecule has 0 saturated carbocycles. The second-order valence-corrected chi connectivity index (χ2v) is 6.13. The van der Waals surface area contributed by atoms with E-state index in [9.17, 15) is 9.59 Å². The van der Waals surface area contributed by atoms with Crippen molar-refractivity contribution in [2.45, 2.75) is 25.7 Å². The predicted octanol–water partition coefficient (Wildman–Crippen LogP) is 1.50. The number of nitrogens with zero attached hydrogens (tertiary/aromatic N) is 1. The van der Waals surface area contributed by atoms with Gasteiger partial charge >= 0.3 is 0 Å². The third-order valence-electron chi connectivity index (χ3n) is 4.48. The van der Waals surface area contributed by atoms with E-state index in [2.05, 4.69) is 10.6 Å². The number of piperidine rings is 1. The third kappa shape index (κ3) is 4.45. The molecule has 0 aliphatic carbocycles. The second kappa shape index (κ2) is 8.31. The van der Waals surface area contributed by atoms with Gasteiger partial charge in [-0.3, -0.25) is 9.59 Å². The number of anilines is 1. The largest absolute Gasteiger partial charge is 0.354 e. The molecule has 2 heterocycles. The summed E-state index contributed by atoms with van der Waals surface area (Å²) in [5.41, 5.74) is 2.03. The SMILES string of the molecule is Cl.O=C(CN1C(=O)CCc2ccccc21)NCC1CCCNC1. The first-order chi connectivity index (χ1) is 10.7. The Hall–Kier alpha value is -1.59. The molecule has 6 heteroatoms. The molecule has 2 N–H and O–H groups in total. The standard InChI is InChI=1S/C17H23N3O2.ClH/c21-16(19-11-13-4-3-9-18-10-13)12-20-15-6-2-1-5-14(15)7-8-17(20)22;/h1-2,5-6,13,18H,3-4,7-12H2,(H,19,21);1H. The van der Waals surface area contributed by atoms with Crippen LogP contribution in [0, 0.1) is 5.92 Å². The molecule has 1 saturated heterocycles. The maximum atomic E-state index is 12.2. The highest BCUT2D eigenvalue weighted by molar-refractivity contribution is 6.00. The molecule has 0 bridgehead atoms. The molecule has 1 aromatic rings. The molecule has 2 amide bonds. The van der Waals surface area contributed by atoms with Crippen molar-refractivity contribution in [1.29, 1.82) is 0 Å². The van der Waals surface area contributed by atoms with Crippen LogP contribution in [0.4, 0.5) is 5.69 Å². The van der Waals surface area contributed by atoms with Gasteiger partial charge in [0.25, 0.3) is 0 Å². The van der Waals surface area contributed by atoms with Gasteiger partial charge in [-0.2, -0.15) is 0 Å². The summed E-state index contributed by atoms with van der Waals surface area (Å²) in [7, 11) is 0. The molecule has 1 atom stereocenters. The van der Waals surface area contributed by atoms with Gasteiger partial charge in [-0.05, 0) is 49.9 Å². The van der Waals surface area contributed by atoms with Crippen LogP contribution >= 0.6 is 12.4 Å². The lowest BCUT2D eigenvalue weighted by molar-refractivity contribution is -0.124. The first-order valence-corrected chi connectivity index (χ1v) is 8.10. The van der Waals surface area contributed by atoms with Gasteiger partial charge in [0.1, 0.15) is 6.54 Å². The normalized spacial score (nSPS) is 20.4. The first kappa shape index (κ1) is 17.8. The van der Waals surface area contributed by atoms with Crippen molar-refractivity contribution in [3.63, 3.8) is 0 Å². The van der Waals surface area contributed by atoms with Gasteiger partial charge in [0.2, 0.25) is 11.8 Å². The van der Waals surface area contributed by atoms with E-state index in [4.69, 9.17) is 0 Å². The van der Waals surface area contributed by atoms with E-state index >= 15 is 0 Å². The Labute approximate surface area is 143 Å². The summed E-state index contributed by atoms with van der Waals surface area (Å²) in [6.07, 6.45) is 3.56. The second-order valence-electron chi connectivity index (χ2n) is 6.13. The van der Waals surface area contributed by atoms with Crippen molar-refractivity contribution in [3.05, 3.63) is 29.8 Å². The molecule has 1 aromatic carbocycles. The van der Waals surface area contributed by atoms with Gasteiger partial charge in [0.05, 0.1) is 0 Å². The molecule has 5 nitrogen and oxygen atoms in total. The molecule has 1 fully saturated rings. The fourth-order valence-corrected chi connectivity index (χ4v) is 3.23. The summed E-state index contributed by atoms with van der Waals surface area (Å²) in [6, 6.07) is 7.84. The Balaban J connectivity index is 0.00000192. The van der Waals surface area contributed by atoms with Gasteiger partial charge in [0, 0.05) is 18.7 Å². The van der Waals surface area contributed by atoms with E-state index in [1.54, 1.807) is 4.90 Å². The Morgan fingerprint density at radius 3 is 2.91 bits per heavy atom. The van der Waals surface area contributed by atoms with Gasteiger partial charge in [-0.25, -0.2) is 0 Å². The number of fused-ring (bicyclic) bond motifs is 1. The minimum absolute atomic E-state index is 0. The van der Waals surface area contributed by atoms with Gasteiger partial charge in [-0.1, -0.05) is 18.2 Å². The Morgan fingerprint density at radius 1 is 1.30 bits per heavy atom.